The third-order valence-electron chi connectivity index (χ3n) is 4.45. The van der Waals surface area contributed by atoms with Gasteiger partial charge in [-0.25, -0.2) is 5.48 Å². The fraction of sp³-hybridized carbons (Fsp3) is 0.130. The Balaban J connectivity index is 1.79. The Kier molecular flexibility index (Phi) is 7.00. The molecule has 0 unspecified atom stereocenters. The highest BCUT2D eigenvalue weighted by Crippen LogP contribution is 2.24. The van der Waals surface area contributed by atoms with Gasteiger partial charge in [0, 0.05) is 22.6 Å². The van der Waals surface area contributed by atoms with Gasteiger partial charge in [-0.3, -0.25) is 14.8 Å². The maximum Gasteiger partial charge on any atom is 0.274 e. The van der Waals surface area contributed by atoms with E-state index in [1.54, 1.807) is 48.2 Å². The van der Waals surface area contributed by atoms with Crippen molar-refractivity contribution < 1.29 is 19.5 Å². The van der Waals surface area contributed by atoms with E-state index in [1.165, 1.54) is 0 Å². The molecule has 3 rings (SSSR count). The topological polar surface area (TPSA) is 87.7 Å². The Morgan fingerprint density at radius 1 is 1.07 bits per heavy atom. The van der Waals surface area contributed by atoms with E-state index in [1.807, 2.05) is 48.7 Å². The summed E-state index contributed by atoms with van der Waals surface area (Å²) >= 11 is 1.58. The molecule has 0 fully saturated rings. The molecule has 0 saturated heterocycles. The highest BCUT2D eigenvalue weighted by Gasteiger charge is 2.13. The van der Waals surface area contributed by atoms with Crippen LogP contribution in [0, 0.1) is 6.92 Å². The normalized spacial score (nSPS) is 11.1. The smallest absolute Gasteiger partial charge is 0.274 e. The zero-order valence-corrected chi connectivity index (χ0v) is 17.5. The van der Waals surface area contributed by atoms with Crippen molar-refractivity contribution >= 4 is 34.8 Å². The Morgan fingerprint density at radius 2 is 1.73 bits per heavy atom. The largest absolute Gasteiger partial charge is 0.497 e. The molecule has 0 aliphatic rings. The van der Waals surface area contributed by atoms with E-state index >= 15 is 0 Å². The van der Waals surface area contributed by atoms with Crippen LogP contribution in [0.4, 0.5) is 0 Å². The molecular formula is C23H22N2O4S. The first kappa shape index (κ1) is 21.3. The van der Waals surface area contributed by atoms with Crippen LogP contribution in [-0.4, -0.2) is 24.1 Å². The minimum Gasteiger partial charge on any atom is -0.497 e. The van der Waals surface area contributed by atoms with E-state index in [0.29, 0.717) is 17.7 Å². The van der Waals surface area contributed by atoms with E-state index in [-0.39, 0.29) is 5.91 Å². The number of carbonyl (C=O) groups is 2. The van der Waals surface area contributed by atoms with Crippen molar-refractivity contribution in [2.75, 3.05) is 7.11 Å². The summed E-state index contributed by atoms with van der Waals surface area (Å²) in [5, 5.41) is 13.7. The second-order valence-electron chi connectivity index (χ2n) is 6.63. The number of rotatable bonds is 7. The number of benzene rings is 2. The quantitative estimate of drug-likeness (QED) is 0.305. The van der Waals surface area contributed by atoms with Gasteiger partial charge in [-0.15, -0.1) is 11.3 Å². The molecule has 2 amide bonds. The Bertz CT molecular complexity index is 1050. The number of aryl methyl sites for hydroxylation is 1. The predicted octanol–water partition coefficient (Wildman–Crippen LogP) is 4.04. The van der Waals surface area contributed by atoms with Crippen LogP contribution < -0.4 is 15.5 Å². The molecule has 0 bridgehead atoms. The van der Waals surface area contributed by atoms with E-state index in [9.17, 15) is 9.59 Å². The molecule has 1 heterocycles. The van der Waals surface area contributed by atoms with Crippen LogP contribution in [0.1, 0.15) is 31.9 Å². The highest BCUT2D eigenvalue weighted by atomic mass is 32.1. The molecule has 3 N–H and O–H groups in total. The zero-order valence-electron chi connectivity index (χ0n) is 16.6. The van der Waals surface area contributed by atoms with E-state index in [0.717, 1.165) is 27.3 Å². The summed E-state index contributed by atoms with van der Waals surface area (Å²) in [5.41, 5.74) is 5.24. The lowest BCUT2D eigenvalue weighted by Gasteiger charge is -2.11. The van der Waals surface area contributed by atoms with Crippen LogP contribution in [0.2, 0.25) is 0 Å². The molecule has 0 atom stereocenters. The van der Waals surface area contributed by atoms with Gasteiger partial charge in [0.2, 0.25) is 0 Å². The number of hydrogen-bond donors (Lipinski definition) is 3. The molecule has 0 aliphatic heterocycles. The van der Waals surface area contributed by atoms with Crippen molar-refractivity contribution in [3.63, 3.8) is 0 Å². The van der Waals surface area contributed by atoms with Crippen molar-refractivity contribution in [2.45, 2.75) is 13.5 Å². The van der Waals surface area contributed by atoms with Crippen molar-refractivity contribution in [1.29, 1.82) is 0 Å². The predicted molar refractivity (Wildman–Crippen MR) is 117 cm³/mol. The number of thiophene rings is 1. The lowest BCUT2D eigenvalue weighted by Crippen LogP contribution is -2.24. The molecule has 6 nitrogen and oxygen atoms in total. The van der Waals surface area contributed by atoms with Crippen molar-refractivity contribution in [3.8, 4) is 5.75 Å². The number of hydrogen-bond acceptors (Lipinski definition) is 5. The van der Waals surface area contributed by atoms with Gasteiger partial charge in [-0.1, -0.05) is 24.3 Å². The van der Waals surface area contributed by atoms with Crippen LogP contribution in [0.3, 0.4) is 0 Å². The van der Waals surface area contributed by atoms with Gasteiger partial charge in [0.15, 0.2) is 0 Å². The highest BCUT2D eigenvalue weighted by molar-refractivity contribution is 7.11. The average molecular weight is 423 g/mol. The number of hydroxylamine groups is 1. The molecular weight excluding hydrogens is 400 g/mol. The monoisotopic (exact) mass is 422 g/mol. The second kappa shape index (κ2) is 9.87. The Hall–Kier alpha value is -3.42. The summed E-state index contributed by atoms with van der Waals surface area (Å²) in [5.74, 6) is -0.0672. The molecule has 7 heteroatoms. The molecule has 0 spiro atoms. The number of amides is 2. The van der Waals surface area contributed by atoms with Gasteiger partial charge >= 0.3 is 0 Å². The summed E-state index contributed by atoms with van der Waals surface area (Å²) in [6, 6.07) is 16.0. The lowest BCUT2D eigenvalue weighted by atomic mass is 10.0. The first-order chi connectivity index (χ1) is 14.5. The third-order valence-corrected chi connectivity index (χ3v) is 5.45. The summed E-state index contributed by atoms with van der Waals surface area (Å²) in [7, 11) is 1.60. The van der Waals surface area contributed by atoms with Crippen LogP contribution in [0.25, 0.3) is 11.6 Å². The maximum absolute atomic E-state index is 13.0. The SMILES string of the molecule is COc1ccc(C(=Cc2cc(C)cs2)C(=O)NCc2ccc(C(=O)NO)cc2)cc1. The standard InChI is InChI=1S/C23H22N2O4S/c1-15-11-20(30-14-15)12-21(17-7-9-19(29-2)10-8-17)23(27)24-13-16-3-5-18(6-4-16)22(26)25-28/h3-12,14,28H,13H2,1-2H3,(H,24,27)(H,25,26). The summed E-state index contributed by atoms with van der Waals surface area (Å²) in [4.78, 5) is 25.4. The van der Waals surface area contributed by atoms with E-state index in [2.05, 4.69) is 5.32 Å². The molecule has 154 valence electrons. The number of nitrogens with one attached hydrogen (secondary N) is 2. The average Bonchev–Trinajstić information content (AvgIpc) is 3.20. The minimum absolute atomic E-state index is 0.205. The molecule has 3 aromatic rings. The first-order valence-corrected chi connectivity index (χ1v) is 10.1. The molecule has 2 aromatic carbocycles. The zero-order chi connectivity index (χ0) is 21.5. The van der Waals surface area contributed by atoms with Gasteiger partial charge in [-0.2, -0.15) is 0 Å². The molecule has 1 aromatic heterocycles. The number of carbonyl (C=O) groups excluding carboxylic acids is 2. The second-order valence-corrected chi connectivity index (χ2v) is 7.58. The van der Waals surface area contributed by atoms with Crippen molar-refractivity contribution in [2.24, 2.45) is 0 Å². The minimum atomic E-state index is -0.582. The van der Waals surface area contributed by atoms with Crippen LogP contribution in [0.15, 0.2) is 60.0 Å². The molecule has 30 heavy (non-hydrogen) atoms. The maximum atomic E-state index is 13.0. The fourth-order valence-electron chi connectivity index (χ4n) is 2.84. The van der Waals surface area contributed by atoms with Gasteiger partial charge in [0.05, 0.1) is 7.11 Å². The van der Waals surface area contributed by atoms with Crippen LogP contribution in [0.5, 0.6) is 5.75 Å². The fourth-order valence-corrected chi connectivity index (χ4v) is 3.67. The molecule has 0 saturated carbocycles. The van der Waals surface area contributed by atoms with Crippen LogP contribution >= 0.6 is 11.3 Å². The van der Waals surface area contributed by atoms with Crippen molar-refractivity contribution in [3.05, 3.63) is 87.1 Å². The summed E-state index contributed by atoms with van der Waals surface area (Å²) in [6.07, 6.45) is 1.88. The number of ether oxygens (including phenoxy) is 1. The van der Waals surface area contributed by atoms with Gasteiger partial charge in [-0.05, 0) is 65.4 Å². The number of methoxy groups -OCH3 is 1. The lowest BCUT2D eigenvalue weighted by molar-refractivity contribution is -0.115. The van der Waals surface area contributed by atoms with Gasteiger partial charge in [0.25, 0.3) is 11.8 Å². The summed E-state index contributed by atoms with van der Waals surface area (Å²) < 4.78 is 5.21. The van der Waals surface area contributed by atoms with Crippen molar-refractivity contribution in [1.82, 2.24) is 10.8 Å². The summed E-state index contributed by atoms with van der Waals surface area (Å²) in [6.45, 7) is 2.32. The van der Waals surface area contributed by atoms with E-state index in [4.69, 9.17) is 9.94 Å². The first-order valence-electron chi connectivity index (χ1n) is 9.23. The molecule has 0 radical (unpaired) electrons. The van der Waals surface area contributed by atoms with Crippen LogP contribution in [-0.2, 0) is 11.3 Å². The van der Waals surface area contributed by atoms with Gasteiger partial charge in [0.1, 0.15) is 5.75 Å². The third kappa shape index (κ3) is 5.34. The molecule has 0 aliphatic carbocycles. The van der Waals surface area contributed by atoms with Gasteiger partial charge < -0.3 is 10.1 Å². The Morgan fingerprint density at radius 3 is 2.30 bits per heavy atom. The van der Waals surface area contributed by atoms with E-state index < -0.39 is 5.91 Å². The Labute approximate surface area is 178 Å².